The van der Waals surface area contributed by atoms with Crippen LogP contribution in [0.15, 0.2) is 243 Å². The Kier molecular flexibility index (Phi) is 10.4. The molecule has 3 aliphatic heterocycles. The largest absolute Gasteiger partial charge is 0.311 e. The van der Waals surface area contributed by atoms with E-state index in [-0.39, 0.29) is 17.5 Å². The van der Waals surface area contributed by atoms with Gasteiger partial charge in [0, 0.05) is 82.1 Å². The fraction of sp³-hybridized carbons (Fsp3) is 0.108. The van der Waals surface area contributed by atoms with Gasteiger partial charge >= 0.3 is 0 Å². The van der Waals surface area contributed by atoms with Gasteiger partial charge in [0.25, 0.3) is 6.71 Å². The number of hydrogen-bond donors (Lipinski definition) is 0. The maximum atomic E-state index is 2.62. The monoisotopic (exact) mass is 1060 g/mol. The highest BCUT2D eigenvalue weighted by molar-refractivity contribution is 7.25. The molecule has 16 rings (SSSR count). The van der Waals surface area contributed by atoms with Crippen molar-refractivity contribution >= 4 is 145 Å². The Morgan fingerprint density at radius 2 is 0.889 bits per heavy atom. The normalized spacial score (nSPS) is 13.2. The minimum absolute atomic E-state index is 0.00928. The molecule has 0 saturated carbocycles. The van der Waals surface area contributed by atoms with Gasteiger partial charge < -0.3 is 24.2 Å². The van der Waals surface area contributed by atoms with Crippen molar-refractivity contribution in [1.29, 1.82) is 0 Å². The van der Waals surface area contributed by atoms with Gasteiger partial charge in [-0.3, -0.25) is 0 Å². The van der Waals surface area contributed by atoms with E-state index in [2.05, 4.69) is 308 Å². The summed E-state index contributed by atoms with van der Waals surface area (Å²) in [6.07, 6.45) is 0. The van der Waals surface area contributed by atoms with E-state index in [1.165, 1.54) is 92.2 Å². The van der Waals surface area contributed by atoms with Crippen molar-refractivity contribution in [2.24, 2.45) is 0 Å². The minimum atomic E-state index is -0.115. The molecule has 7 heteroatoms. The number of fused-ring (bicyclic) bond motifs is 12. The predicted molar refractivity (Wildman–Crippen MR) is 348 cm³/mol. The molecule has 0 unspecified atom stereocenters. The van der Waals surface area contributed by atoms with Gasteiger partial charge in [0.2, 0.25) is 0 Å². The molecule has 0 aliphatic carbocycles. The highest BCUT2D eigenvalue weighted by Crippen LogP contribution is 2.55. The molecule has 0 fully saturated rings. The summed E-state index contributed by atoms with van der Waals surface area (Å²) in [6, 6.07) is 91.5. The molecule has 0 spiro atoms. The van der Waals surface area contributed by atoms with Crippen LogP contribution in [0, 0.1) is 0 Å². The van der Waals surface area contributed by atoms with Crippen molar-refractivity contribution in [3.05, 3.63) is 254 Å². The van der Waals surface area contributed by atoms with Crippen molar-refractivity contribution < 1.29 is 0 Å². The smallest absolute Gasteiger partial charge is 0.252 e. The topological polar surface area (TPSA) is 17.9 Å². The lowest BCUT2D eigenvalue weighted by Crippen LogP contribution is -2.61. The van der Waals surface area contributed by atoms with E-state index in [4.69, 9.17) is 0 Å². The molecule has 0 N–H and O–H groups in total. The van der Waals surface area contributed by atoms with Crippen molar-refractivity contribution in [2.45, 2.75) is 52.4 Å². The third-order valence-electron chi connectivity index (χ3n) is 17.3. The van der Waals surface area contributed by atoms with Crippen LogP contribution in [-0.4, -0.2) is 11.3 Å². The molecular formula is C74H58BN5S. The number of hydrogen-bond acceptors (Lipinski definition) is 5. The number of anilines is 12. The number of nitrogens with zero attached hydrogens (tertiary/aromatic N) is 5. The molecule has 0 saturated heterocycles. The minimum Gasteiger partial charge on any atom is -0.311 e. The lowest BCUT2D eigenvalue weighted by Gasteiger charge is -2.47. The zero-order chi connectivity index (χ0) is 54.5. The summed E-state index contributed by atoms with van der Waals surface area (Å²) in [5.74, 6) is 0. The number of aromatic nitrogens is 1. The lowest BCUT2D eigenvalue weighted by molar-refractivity contribution is 0.590. The molecule has 2 aromatic heterocycles. The van der Waals surface area contributed by atoms with Gasteiger partial charge in [-0.05, 0) is 154 Å². The number of para-hydroxylation sites is 5. The van der Waals surface area contributed by atoms with E-state index in [9.17, 15) is 0 Å². The van der Waals surface area contributed by atoms with E-state index in [0.29, 0.717) is 0 Å². The molecule has 0 radical (unpaired) electrons. The summed E-state index contributed by atoms with van der Waals surface area (Å²) < 4.78 is 5.11. The molecule has 5 nitrogen and oxygen atoms in total. The van der Waals surface area contributed by atoms with Gasteiger partial charge in [-0.25, -0.2) is 0 Å². The summed E-state index contributed by atoms with van der Waals surface area (Å²) in [5.41, 5.74) is 23.7. The van der Waals surface area contributed by atoms with Gasteiger partial charge in [0.15, 0.2) is 0 Å². The summed E-state index contributed by atoms with van der Waals surface area (Å²) in [5, 5.41) is 5.05. The molecule has 13 aromatic rings. The predicted octanol–water partition coefficient (Wildman–Crippen LogP) is 19.1. The average molecular weight is 1060 g/mol. The maximum Gasteiger partial charge on any atom is 0.252 e. The van der Waals surface area contributed by atoms with Crippen molar-refractivity contribution in [3.8, 4) is 5.69 Å². The van der Waals surface area contributed by atoms with Gasteiger partial charge in [0.1, 0.15) is 0 Å². The highest BCUT2D eigenvalue weighted by atomic mass is 32.1. The van der Waals surface area contributed by atoms with E-state index in [0.717, 1.165) is 51.2 Å². The third-order valence-corrected chi connectivity index (χ3v) is 18.5. The Morgan fingerprint density at radius 1 is 0.358 bits per heavy atom. The Bertz CT molecular complexity index is 4580. The second-order valence-electron chi connectivity index (χ2n) is 24.2. The van der Waals surface area contributed by atoms with E-state index in [1.54, 1.807) is 0 Å². The van der Waals surface area contributed by atoms with Gasteiger partial charge in [0.05, 0.1) is 33.8 Å². The van der Waals surface area contributed by atoms with Crippen LogP contribution in [0.3, 0.4) is 0 Å². The fourth-order valence-electron chi connectivity index (χ4n) is 13.5. The number of rotatable bonds is 7. The zero-order valence-corrected chi connectivity index (χ0v) is 47.1. The first-order valence-electron chi connectivity index (χ1n) is 28.4. The summed E-state index contributed by atoms with van der Waals surface area (Å²) >= 11 is 1.87. The second-order valence-corrected chi connectivity index (χ2v) is 25.3. The van der Waals surface area contributed by atoms with E-state index in [1.807, 2.05) is 11.3 Å². The first kappa shape index (κ1) is 47.7. The van der Waals surface area contributed by atoms with Gasteiger partial charge in [-0.2, -0.15) is 0 Å². The first-order chi connectivity index (χ1) is 39.5. The average Bonchev–Trinajstić information content (AvgIpc) is 3.39. The SMILES string of the molecule is CC(C)(C)c1ccc(N(c2ccc(C(C)(C)C)cc2)c2ccc3c(c2)N(c2ccc4sc5ccccc5c4c2)c2cc(N(c4ccccc4)c4ccccc4)cc4c2B3c2cccc3c2N4c2cccc4c5ccccc5n-3c24)cc1. The molecule has 0 atom stereocenters. The maximum absolute atomic E-state index is 2.62. The molecule has 0 amide bonds. The van der Waals surface area contributed by atoms with Crippen LogP contribution in [0.1, 0.15) is 52.7 Å². The molecule has 81 heavy (non-hydrogen) atoms. The quantitative estimate of drug-likeness (QED) is 0.148. The number of thiophene rings is 1. The van der Waals surface area contributed by atoms with Crippen LogP contribution in [0.4, 0.5) is 68.2 Å². The molecule has 3 aliphatic rings. The standard InChI is InChI=1S/C74H58BN5S/c1-73(2,3)47-31-35-51(36-32-47)76(52-37-33-48(34-38-52)74(4,5)6)54-39-41-60-65(44-54)78(53-40-42-69-59(43-53)57-24-14-16-30-68(57)81-69)66-45-55(77(49-19-9-7-10-20-49)50-21-11-8-12-22-50)46-67-70(66)75(60)61-26-18-29-64-72(61)80(67)63-28-17-25-58-56-23-13-15-27-62(56)79(64)71(58)63/h7-46H,1-6H3. The van der Waals surface area contributed by atoms with Gasteiger partial charge in [-0.15, -0.1) is 11.3 Å². The Labute approximate surface area is 477 Å². The molecule has 5 heterocycles. The molecule has 388 valence electrons. The zero-order valence-electron chi connectivity index (χ0n) is 46.3. The molecule has 11 aromatic carbocycles. The first-order valence-corrected chi connectivity index (χ1v) is 29.2. The fourth-order valence-corrected chi connectivity index (χ4v) is 14.6. The summed E-state index contributed by atoms with van der Waals surface area (Å²) in [7, 11) is 0. The van der Waals surface area contributed by atoms with Crippen LogP contribution in [0.5, 0.6) is 0 Å². The van der Waals surface area contributed by atoms with E-state index >= 15 is 0 Å². The van der Waals surface area contributed by atoms with Crippen LogP contribution in [-0.2, 0) is 10.8 Å². The third kappa shape index (κ3) is 7.24. The lowest BCUT2D eigenvalue weighted by atomic mass is 9.33. The van der Waals surface area contributed by atoms with Crippen molar-refractivity contribution in [3.63, 3.8) is 0 Å². The van der Waals surface area contributed by atoms with Crippen molar-refractivity contribution in [2.75, 3.05) is 19.6 Å². The molecule has 0 bridgehead atoms. The van der Waals surface area contributed by atoms with Crippen LogP contribution in [0.2, 0.25) is 0 Å². The van der Waals surface area contributed by atoms with Crippen LogP contribution < -0.4 is 36.0 Å². The van der Waals surface area contributed by atoms with Crippen LogP contribution in [0.25, 0.3) is 47.7 Å². The summed E-state index contributed by atoms with van der Waals surface area (Å²) in [6.45, 7) is 13.6. The van der Waals surface area contributed by atoms with Crippen molar-refractivity contribution in [1.82, 2.24) is 4.57 Å². The number of benzene rings is 11. The second kappa shape index (κ2) is 17.6. The van der Waals surface area contributed by atoms with Gasteiger partial charge in [-0.1, -0.05) is 169 Å². The Hall–Kier alpha value is -9.30. The Balaban J connectivity index is 1.02. The highest BCUT2D eigenvalue weighted by Gasteiger charge is 2.47. The molecular weight excluding hydrogens is 1000 g/mol. The van der Waals surface area contributed by atoms with Crippen LogP contribution >= 0.6 is 11.3 Å². The summed E-state index contributed by atoms with van der Waals surface area (Å²) in [4.78, 5) is 10.1. The Morgan fingerprint density at radius 3 is 1.57 bits per heavy atom. The van der Waals surface area contributed by atoms with E-state index < -0.39 is 0 Å².